The van der Waals surface area contributed by atoms with Gasteiger partial charge in [0.05, 0.1) is 7.11 Å². The van der Waals surface area contributed by atoms with Gasteiger partial charge in [0.15, 0.2) is 5.78 Å². The highest BCUT2D eigenvalue weighted by Gasteiger charge is 2.06. The van der Waals surface area contributed by atoms with Crippen LogP contribution in [0.4, 0.5) is 0 Å². The summed E-state index contributed by atoms with van der Waals surface area (Å²) in [6.45, 7) is 1.56. The minimum absolute atomic E-state index is 0.0367. The number of benzene rings is 2. The number of rotatable bonds is 4. The maximum atomic E-state index is 11.4. The van der Waals surface area contributed by atoms with E-state index in [1.54, 1.807) is 20.1 Å². The predicted molar refractivity (Wildman–Crippen MR) is 77.2 cm³/mol. The van der Waals surface area contributed by atoms with Crippen molar-refractivity contribution in [2.45, 2.75) is 6.92 Å². The third kappa shape index (κ3) is 3.32. The number of ketones is 1. The Kier molecular flexibility index (Phi) is 4.14. The molecule has 2 aromatic rings. The van der Waals surface area contributed by atoms with E-state index in [1.807, 2.05) is 54.6 Å². The molecule has 0 aliphatic carbocycles. The number of hydrogen-bond acceptors (Lipinski definition) is 2. The third-order valence-corrected chi connectivity index (χ3v) is 2.83. The third-order valence-electron chi connectivity index (χ3n) is 2.83. The zero-order valence-electron chi connectivity index (χ0n) is 11.1. The monoisotopic (exact) mass is 252 g/mol. The Balaban J connectivity index is 2.46. The maximum Gasteiger partial charge on any atom is 0.153 e. The average molecular weight is 252 g/mol. The van der Waals surface area contributed by atoms with Crippen LogP contribution in [-0.4, -0.2) is 12.9 Å². The zero-order chi connectivity index (χ0) is 13.7. The van der Waals surface area contributed by atoms with E-state index in [1.165, 1.54) is 0 Å². The first-order valence-electron chi connectivity index (χ1n) is 6.13. The Morgan fingerprint density at radius 1 is 0.947 bits per heavy atom. The smallest absolute Gasteiger partial charge is 0.153 e. The van der Waals surface area contributed by atoms with Gasteiger partial charge < -0.3 is 4.74 Å². The molecule has 96 valence electrons. The lowest BCUT2D eigenvalue weighted by atomic mass is 9.97. The van der Waals surface area contributed by atoms with E-state index in [4.69, 9.17) is 4.74 Å². The molecule has 0 amide bonds. The summed E-state index contributed by atoms with van der Waals surface area (Å²) in [6.07, 6.45) is 1.66. The fraction of sp³-hybridized carbons (Fsp3) is 0.118. The Hall–Kier alpha value is -2.35. The van der Waals surface area contributed by atoms with Gasteiger partial charge in [-0.05, 0) is 41.8 Å². The molecule has 2 heteroatoms. The lowest BCUT2D eigenvalue weighted by molar-refractivity contribution is -0.112. The highest BCUT2D eigenvalue weighted by Crippen LogP contribution is 2.25. The zero-order valence-corrected chi connectivity index (χ0v) is 11.1. The second-order valence-corrected chi connectivity index (χ2v) is 4.26. The van der Waals surface area contributed by atoms with Crippen molar-refractivity contribution in [1.82, 2.24) is 0 Å². The van der Waals surface area contributed by atoms with Gasteiger partial charge in [-0.2, -0.15) is 0 Å². The van der Waals surface area contributed by atoms with E-state index in [0.29, 0.717) is 0 Å². The van der Waals surface area contributed by atoms with E-state index in [0.717, 1.165) is 22.4 Å². The fourth-order valence-electron chi connectivity index (χ4n) is 1.92. The minimum atomic E-state index is 0.0367. The number of methoxy groups -OCH3 is 1. The van der Waals surface area contributed by atoms with Crippen LogP contribution in [0.3, 0.4) is 0 Å². The highest BCUT2D eigenvalue weighted by atomic mass is 16.5. The largest absolute Gasteiger partial charge is 0.497 e. The van der Waals surface area contributed by atoms with Crippen molar-refractivity contribution < 1.29 is 9.53 Å². The lowest BCUT2D eigenvalue weighted by Gasteiger charge is -2.09. The number of allylic oxidation sites excluding steroid dienone is 1. The first-order chi connectivity index (χ1) is 9.20. The molecule has 2 rings (SSSR count). The van der Waals surface area contributed by atoms with Crippen LogP contribution in [-0.2, 0) is 4.79 Å². The lowest BCUT2D eigenvalue weighted by Crippen LogP contribution is -1.92. The summed E-state index contributed by atoms with van der Waals surface area (Å²) >= 11 is 0. The summed E-state index contributed by atoms with van der Waals surface area (Å²) in [5.74, 6) is 0.841. The summed E-state index contributed by atoms with van der Waals surface area (Å²) < 4.78 is 5.15. The topological polar surface area (TPSA) is 26.3 Å². The standard InChI is InChI=1S/C17H16O2/c1-13(18)12-17(14-6-4-3-5-7-14)15-8-10-16(19-2)11-9-15/h3-12H,1-2H3/b17-12-. The fourth-order valence-corrected chi connectivity index (χ4v) is 1.92. The van der Waals surface area contributed by atoms with Crippen LogP contribution in [0.2, 0.25) is 0 Å². The molecule has 0 bridgehead atoms. The van der Waals surface area contributed by atoms with Crippen molar-refractivity contribution in [3.63, 3.8) is 0 Å². The molecule has 0 heterocycles. The van der Waals surface area contributed by atoms with E-state index in [2.05, 4.69) is 0 Å². The quantitative estimate of drug-likeness (QED) is 0.775. The first kappa shape index (κ1) is 13.1. The Bertz CT molecular complexity index is 580. The molecular weight excluding hydrogens is 236 g/mol. The first-order valence-corrected chi connectivity index (χ1v) is 6.13. The molecule has 0 aliphatic heterocycles. The number of carbonyl (C=O) groups is 1. The van der Waals surface area contributed by atoms with Gasteiger partial charge in [-0.15, -0.1) is 0 Å². The summed E-state index contributed by atoms with van der Waals surface area (Å²) in [7, 11) is 1.64. The number of carbonyl (C=O) groups excluding carboxylic acids is 1. The predicted octanol–water partition coefficient (Wildman–Crippen LogP) is 3.72. The molecule has 0 spiro atoms. The van der Waals surface area contributed by atoms with Crippen molar-refractivity contribution in [3.05, 3.63) is 71.8 Å². The molecule has 0 aliphatic rings. The van der Waals surface area contributed by atoms with Gasteiger partial charge in [-0.3, -0.25) is 4.79 Å². The molecule has 0 saturated heterocycles. The van der Waals surface area contributed by atoms with Crippen molar-refractivity contribution in [2.24, 2.45) is 0 Å². The molecule has 0 fully saturated rings. The van der Waals surface area contributed by atoms with E-state index in [9.17, 15) is 4.79 Å². The van der Waals surface area contributed by atoms with Crippen LogP contribution >= 0.6 is 0 Å². The van der Waals surface area contributed by atoms with Crippen LogP contribution < -0.4 is 4.74 Å². The highest BCUT2D eigenvalue weighted by molar-refractivity contribution is 5.99. The van der Waals surface area contributed by atoms with Crippen molar-refractivity contribution >= 4 is 11.4 Å². The Morgan fingerprint density at radius 3 is 2.05 bits per heavy atom. The summed E-state index contributed by atoms with van der Waals surface area (Å²) in [6, 6.07) is 17.6. The van der Waals surface area contributed by atoms with Crippen LogP contribution in [0.5, 0.6) is 5.75 Å². The second-order valence-electron chi connectivity index (χ2n) is 4.26. The molecule has 0 N–H and O–H groups in total. The molecule has 2 nitrogen and oxygen atoms in total. The van der Waals surface area contributed by atoms with Crippen molar-refractivity contribution in [2.75, 3.05) is 7.11 Å². The van der Waals surface area contributed by atoms with Gasteiger partial charge >= 0.3 is 0 Å². The number of hydrogen-bond donors (Lipinski definition) is 0. The Labute approximate surface area is 113 Å². The van der Waals surface area contributed by atoms with Crippen LogP contribution in [0.1, 0.15) is 18.1 Å². The SMILES string of the molecule is COc1ccc(/C(=C\C(C)=O)c2ccccc2)cc1. The minimum Gasteiger partial charge on any atom is -0.497 e. The average Bonchev–Trinajstić information content (AvgIpc) is 2.46. The van der Waals surface area contributed by atoms with Gasteiger partial charge in [0.2, 0.25) is 0 Å². The van der Waals surface area contributed by atoms with Crippen molar-refractivity contribution in [1.29, 1.82) is 0 Å². The van der Waals surface area contributed by atoms with Gasteiger partial charge in [-0.25, -0.2) is 0 Å². The molecular formula is C17H16O2. The molecule has 0 saturated carbocycles. The van der Waals surface area contributed by atoms with Gasteiger partial charge in [0.25, 0.3) is 0 Å². The van der Waals surface area contributed by atoms with Crippen LogP contribution in [0.15, 0.2) is 60.7 Å². The molecule has 0 radical (unpaired) electrons. The van der Waals surface area contributed by atoms with Crippen molar-refractivity contribution in [3.8, 4) is 5.75 Å². The van der Waals surface area contributed by atoms with E-state index < -0.39 is 0 Å². The summed E-state index contributed by atoms with van der Waals surface area (Å²) in [5, 5.41) is 0. The van der Waals surface area contributed by atoms with Gasteiger partial charge in [-0.1, -0.05) is 42.5 Å². The molecule has 0 aromatic heterocycles. The summed E-state index contributed by atoms with van der Waals surface area (Å²) in [5.41, 5.74) is 2.96. The van der Waals surface area contributed by atoms with Crippen LogP contribution in [0.25, 0.3) is 5.57 Å². The van der Waals surface area contributed by atoms with Gasteiger partial charge in [0, 0.05) is 0 Å². The summed E-state index contributed by atoms with van der Waals surface area (Å²) in [4.78, 5) is 11.4. The Morgan fingerprint density at radius 2 is 1.53 bits per heavy atom. The molecule has 19 heavy (non-hydrogen) atoms. The number of ether oxygens (including phenoxy) is 1. The van der Waals surface area contributed by atoms with Gasteiger partial charge in [0.1, 0.15) is 5.75 Å². The van der Waals surface area contributed by atoms with Crippen LogP contribution in [0, 0.1) is 0 Å². The molecule has 0 unspecified atom stereocenters. The maximum absolute atomic E-state index is 11.4. The molecule has 2 aromatic carbocycles. The molecule has 0 atom stereocenters. The second kappa shape index (κ2) is 6.01. The van der Waals surface area contributed by atoms with E-state index >= 15 is 0 Å². The normalized spacial score (nSPS) is 11.2. The van der Waals surface area contributed by atoms with E-state index in [-0.39, 0.29) is 5.78 Å².